The van der Waals surface area contributed by atoms with Gasteiger partial charge in [-0.3, -0.25) is 9.69 Å². The van der Waals surface area contributed by atoms with E-state index in [0.717, 1.165) is 0 Å². The number of urea groups is 1. The quantitative estimate of drug-likeness (QED) is 0.525. The fraction of sp³-hybridized carbons (Fsp3) is 0.115. The molecule has 1 heterocycles. The molecule has 36 heavy (non-hydrogen) atoms. The van der Waals surface area contributed by atoms with Crippen LogP contribution in [0.1, 0.15) is 29.7 Å². The molecule has 0 saturated carbocycles. The summed E-state index contributed by atoms with van der Waals surface area (Å²) in [6, 6.07) is 17.8. The SMILES string of the molecule is CC1=C(C(N)=O)C(c2ccc(C#N)cc2S(=O)(=O)c2ccccc2)NC(=O)N1c1cccc(CF)c1. The molecule has 8 nitrogen and oxygen atoms in total. The highest BCUT2D eigenvalue weighted by Gasteiger charge is 2.38. The van der Waals surface area contributed by atoms with Gasteiger partial charge >= 0.3 is 6.03 Å². The van der Waals surface area contributed by atoms with Gasteiger partial charge in [-0.1, -0.05) is 36.4 Å². The van der Waals surface area contributed by atoms with E-state index in [4.69, 9.17) is 5.73 Å². The standard InChI is InChI=1S/C26H21FN4O4S/c1-16-23(25(29)32)24(30-26(33)31(16)19-7-5-6-17(12-19)14-27)21-11-10-18(15-28)13-22(21)36(34,35)20-8-3-2-4-9-20/h2-13,24H,14H2,1H3,(H2,29,32)(H,30,33). The lowest BCUT2D eigenvalue weighted by molar-refractivity contribution is -0.115. The number of carbonyl (C=O) groups is 2. The monoisotopic (exact) mass is 504 g/mol. The Hall–Kier alpha value is -4.49. The van der Waals surface area contributed by atoms with Crippen LogP contribution in [0.4, 0.5) is 14.9 Å². The van der Waals surface area contributed by atoms with Gasteiger partial charge in [-0.05, 0) is 54.4 Å². The maximum atomic E-state index is 13.6. The fourth-order valence-corrected chi connectivity index (χ4v) is 5.73. The number of nitrogens with one attached hydrogen (secondary N) is 1. The third kappa shape index (κ3) is 4.32. The lowest BCUT2D eigenvalue weighted by Gasteiger charge is -2.36. The van der Waals surface area contributed by atoms with Crippen molar-refractivity contribution in [1.29, 1.82) is 5.26 Å². The number of nitrogens with zero attached hydrogens (tertiary/aromatic N) is 2. The van der Waals surface area contributed by atoms with Crippen LogP contribution in [0, 0.1) is 11.3 Å². The zero-order valence-corrected chi connectivity index (χ0v) is 19.9. The summed E-state index contributed by atoms with van der Waals surface area (Å²) in [4.78, 5) is 26.8. The molecule has 1 atom stereocenters. The molecule has 0 radical (unpaired) electrons. The zero-order valence-electron chi connectivity index (χ0n) is 19.1. The summed E-state index contributed by atoms with van der Waals surface area (Å²) in [5.74, 6) is -0.878. The zero-order chi connectivity index (χ0) is 26.0. The average molecular weight is 505 g/mol. The molecule has 3 amide bonds. The summed E-state index contributed by atoms with van der Waals surface area (Å²) in [7, 11) is -4.14. The summed E-state index contributed by atoms with van der Waals surface area (Å²) in [5, 5.41) is 12.1. The normalized spacial score (nSPS) is 15.9. The second kappa shape index (κ2) is 9.64. The molecule has 1 aliphatic heterocycles. The van der Waals surface area contributed by atoms with Crippen LogP contribution in [0.25, 0.3) is 0 Å². The Kier molecular flexibility index (Phi) is 6.59. The van der Waals surface area contributed by atoms with Crippen molar-refractivity contribution >= 4 is 27.5 Å². The topological polar surface area (TPSA) is 133 Å². The van der Waals surface area contributed by atoms with Crippen LogP contribution in [0.2, 0.25) is 0 Å². The molecule has 1 aliphatic rings. The molecule has 0 aliphatic carbocycles. The number of anilines is 1. The Morgan fingerprint density at radius 1 is 1.11 bits per heavy atom. The smallest absolute Gasteiger partial charge is 0.326 e. The van der Waals surface area contributed by atoms with Crippen LogP contribution in [0.5, 0.6) is 0 Å². The van der Waals surface area contributed by atoms with Crippen LogP contribution in [0.15, 0.2) is 93.9 Å². The van der Waals surface area contributed by atoms with Crippen molar-refractivity contribution in [2.24, 2.45) is 5.73 Å². The molecule has 0 fully saturated rings. The summed E-state index contributed by atoms with van der Waals surface area (Å²) in [6.45, 7) is 0.756. The molecule has 0 saturated heterocycles. The van der Waals surface area contributed by atoms with Gasteiger partial charge in [-0.15, -0.1) is 0 Å². The number of rotatable bonds is 6. The molecule has 4 rings (SSSR count). The first kappa shape index (κ1) is 24.6. The van der Waals surface area contributed by atoms with Crippen molar-refractivity contribution in [2.75, 3.05) is 4.90 Å². The van der Waals surface area contributed by atoms with Crippen molar-refractivity contribution in [2.45, 2.75) is 29.4 Å². The lowest BCUT2D eigenvalue weighted by Crippen LogP contribution is -2.49. The van der Waals surface area contributed by atoms with Gasteiger partial charge < -0.3 is 11.1 Å². The summed E-state index contributed by atoms with van der Waals surface area (Å²) < 4.78 is 40.4. The van der Waals surface area contributed by atoms with Crippen molar-refractivity contribution in [3.63, 3.8) is 0 Å². The molecular weight excluding hydrogens is 483 g/mol. The number of sulfone groups is 1. The number of halogens is 1. The molecule has 10 heteroatoms. The van der Waals surface area contributed by atoms with Gasteiger partial charge in [-0.25, -0.2) is 17.6 Å². The van der Waals surface area contributed by atoms with Crippen molar-refractivity contribution in [1.82, 2.24) is 5.32 Å². The first-order valence-electron chi connectivity index (χ1n) is 10.8. The first-order valence-corrected chi connectivity index (χ1v) is 12.3. The second-order valence-electron chi connectivity index (χ2n) is 8.07. The highest BCUT2D eigenvalue weighted by atomic mass is 32.2. The Morgan fingerprint density at radius 2 is 1.83 bits per heavy atom. The Labute approximate surface area is 207 Å². The number of primary amides is 1. The van der Waals surface area contributed by atoms with Gasteiger partial charge in [0, 0.05) is 5.70 Å². The highest BCUT2D eigenvalue weighted by Crippen LogP contribution is 2.37. The van der Waals surface area contributed by atoms with E-state index >= 15 is 0 Å². The minimum atomic E-state index is -4.14. The fourth-order valence-electron chi connectivity index (χ4n) is 4.19. The average Bonchev–Trinajstić information content (AvgIpc) is 2.88. The first-order chi connectivity index (χ1) is 17.2. The van der Waals surface area contributed by atoms with Gasteiger partial charge in [0.1, 0.15) is 6.67 Å². The van der Waals surface area contributed by atoms with Crippen molar-refractivity contribution < 1.29 is 22.4 Å². The van der Waals surface area contributed by atoms with Crippen LogP contribution >= 0.6 is 0 Å². The van der Waals surface area contributed by atoms with Gasteiger partial charge in [0.25, 0.3) is 0 Å². The molecule has 1 unspecified atom stereocenters. The van der Waals surface area contributed by atoms with E-state index in [2.05, 4.69) is 5.32 Å². The van der Waals surface area contributed by atoms with E-state index < -0.39 is 34.5 Å². The van der Waals surface area contributed by atoms with E-state index in [-0.39, 0.29) is 32.2 Å². The Bertz CT molecular complexity index is 1550. The maximum Gasteiger partial charge on any atom is 0.326 e. The number of nitrogens with two attached hydrogens (primary N) is 1. The molecule has 0 bridgehead atoms. The van der Waals surface area contributed by atoms with Crippen molar-refractivity contribution in [3.05, 3.63) is 101 Å². The van der Waals surface area contributed by atoms with Gasteiger partial charge in [0.05, 0.1) is 38.7 Å². The number of nitriles is 1. The molecule has 0 aromatic heterocycles. The Morgan fingerprint density at radius 3 is 2.47 bits per heavy atom. The van der Waals surface area contributed by atoms with E-state index in [9.17, 15) is 27.7 Å². The summed E-state index contributed by atoms with van der Waals surface area (Å²) in [6.07, 6.45) is 0. The van der Waals surface area contributed by atoms with Crippen LogP contribution < -0.4 is 16.0 Å². The molecule has 182 valence electrons. The molecule has 3 N–H and O–H groups in total. The highest BCUT2D eigenvalue weighted by molar-refractivity contribution is 7.91. The van der Waals surface area contributed by atoms with E-state index in [1.807, 2.05) is 6.07 Å². The number of benzene rings is 3. The number of hydrogen-bond donors (Lipinski definition) is 2. The Balaban J connectivity index is 1.93. The molecular formula is C26H21FN4O4S. The van der Waals surface area contributed by atoms with Crippen LogP contribution in [-0.4, -0.2) is 20.4 Å². The third-order valence-corrected chi connectivity index (χ3v) is 7.70. The predicted molar refractivity (Wildman–Crippen MR) is 130 cm³/mol. The van der Waals surface area contributed by atoms with E-state index in [0.29, 0.717) is 11.3 Å². The maximum absolute atomic E-state index is 13.6. The van der Waals surface area contributed by atoms with Crippen LogP contribution in [0.3, 0.4) is 0 Å². The number of hydrogen-bond acceptors (Lipinski definition) is 5. The largest absolute Gasteiger partial charge is 0.366 e. The predicted octanol–water partition coefficient (Wildman–Crippen LogP) is 3.89. The van der Waals surface area contributed by atoms with Crippen LogP contribution in [-0.2, 0) is 21.3 Å². The number of alkyl halides is 1. The van der Waals surface area contributed by atoms with E-state index in [1.165, 1.54) is 48.2 Å². The minimum Gasteiger partial charge on any atom is -0.366 e. The lowest BCUT2D eigenvalue weighted by atomic mass is 9.93. The summed E-state index contributed by atoms with van der Waals surface area (Å²) in [5.41, 5.74) is 6.65. The van der Waals surface area contributed by atoms with Gasteiger partial charge in [0.2, 0.25) is 15.7 Å². The van der Waals surface area contributed by atoms with Crippen molar-refractivity contribution in [3.8, 4) is 6.07 Å². The van der Waals surface area contributed by atoms with E-state index in [1.54, 1.807) is 36.4 Å². The second-order valence-corrected chi connectivity index (χ2v) is 9.98. The number of carbonyl (C=O) groups excluding carboxylic acids is 2. The summed E-state index contributed by atoms with van der Waals surface area (Å²) >= 11 is 0. The van der Waals surface area contributed by atoms with Gasteiger partial charge in [0.15, 0.2) is 0 Å². The van der Waals surface area contributed by atoms with Gasteiger partial charge in [-0.2, -0.15) is 5.26 Å². The third-order valence-electron chi connectivity index (χ3n) is 5.87. The number of allylic oxidation sites excluding steroid dienone is 1. The number of amides is 3. The molecule has 3 aromatic carbocycles. The minimum absolute atomic E-state index is 0.0190. The molecule has 3 aromatic rings. The molecule has 0 spiro atoms.